The van der Waals surface area contributed by atoms with E-state index in [0.29, 0.717) is 12.7 Å². The summed E-state index contributed by atoms with van der Waals surface area (Å²) < 4.78 is 0.262. The van der Waals surface area contributed by atoms with Crippen LogP contribution in [0.4, 0.5) is 11.6 Å². The van der Waals surface area contributed by atoms with Gasteiger partial charge in [-0.3, -0.25) is 10.1 Å². The average Bonchev–Trinajstić information content (AvgIpc) is 2.96. The Morgan fingerprint density at radius 2 is 1.84 bits per heavy atom. The maximum atomic E-state index is 11.0. The molecule has 1 atom stereocenters. The van der Waals surface area contributed by atoms with E-state index in [4.69, 9.17) is 0 Å². The highest BCUT2D eigenvalue weighted by Gasteiger charge is 2.58. The number of rotatable bonds is 4. The first-order valence-electron chi connectivity index (χ1n) is 4.37. The number of hydrogen-bond acceptors (Lipinski definition) is 10. The lowest BCUT2D eigenvalue weighted by atomic mass is 10.5. The molecular formula is C5H2N8O6. The number of aliphatic imine (C=N–C) groups is 1. The maximum Gasteiger partial charge on any atom is 0.591 e. The second kappa shape index (κ2) is 3.86. The minimum Gasteiger partial charge on any atom is -0.358 e. The molecule has 0 spiro atoms. The van der Waals surface area contributed by atoms with Crippen LogP contribution in [0.25, 0.3) is 0 Å². The van der Waals surface area contributed by atoms with Crippen molar-refractivity contribution in [3.05, 3.63) is 36.7 Å². The molecule has 0 N–H and O–H groups in total. The fourth-order valence-electron chi connectivity index (χ4n) is 1.36. The van der Waals surface area contributed by atoms with Crippen LogP contribution in [0.1, 0.15) is 0 Å². The third-order valence-corrected chi connectivity index (χ3v) is 2.11. The Balaban J connectivity index is 2.73. The minimum absolute atomic E-state index is 0.262. The van der Waals surface area contributed by atoms with Crippen LogP contribution in [0.3, 0.4) is 0 Å². The fourth-order valence-corrected chi connectivity index (χ4v) is 1.36. The quantitative estimate of drug-likeness (QED) is 0.545. The summed E-state index contributed by atoms with van der Waals surface area (Å²) in [6, 6.07) is 0. The molecule has 1 aromatic rings. The fraction of sp³-hybridized carbons (Fsp3) is 0.200. The molecule has 0 saturated carbocycles. The summed E-state index contributed by atoms with van der Waals surface area (Å²) in [6.45, 7) is 0. The Morgan fingerprint density at radius 1 is 1.16 bits per heavy atom. The zero-order chi connectivity index (χ0) is 14.2. The zero-order valence-electron chi connectivity index (χ0n) is 8.68. The number of azo groups is 1. The van der Waals surface area contributed by atoms with E-state index in [1.54, 1.807) is 0 Å². The molecule has 0 aromatic carbocycles. The molecule has 0 bridgehead atoms. The van der Waals surface area contributed by atoms with Crippen LogP contribution >= 0.6 is 0 Å². The van der Waals surface area contributed by atoms with Crippen molar-refractivity contribution < 1.29 is 14.8 Å². The SMILES string of the molecule is O=[N+]([O-])c1ncn(C2([N+](=O)[O-])N=CN=N2)c1[N+](=O)[O-]. The van der Waals surface area contributed by atoms with Crippen molar-refractivity contribution in [3.63, 3.8) is 0 Å². The van der Waals surface area contributed by atoms with Gasteiger partial charge in [-0.2, -0.15) is 0 Å². The van der Waals surface area contributed by atoms with Gasteiger partial charge in [0.25, 0.3) is 0 Å². The average molecular weight is 270 g/mol. The smallest absolute Gasteiger partial charge is 0.358 e. The lowest BCUT2D eigenvalue weighted by Gasteiger charge is -2.07. The lowest BCUT2D eigenvalue weighted by molar-refractivity contribution is -0.600. The normalized spacial score (nSPS) is 20.6. The lowest BCUT2D eigenvalue weighted by Crippen LogP contribution is -2.36. The van der Waals surface area contributed by atoms with Gasteiger partial charge >= 0.3 is 23.9 Å². The molecule has 1 aliphatic rings. The van der Waals surface area contributed by atoms with Crippen LogP contribution in [0, 0.1) is 30.3 Å². The highest BCUT2D eigenvalue weighted by molar-refractivity contribution is 5.56. The van der Waals surface area contributed by atoms with Gasteiger partial charge < -0.3 is 20.2 Å². The molecule has 98 valence electrons. The molecule has 1 aromatic heterocycles. The third kappa shape index (κ3) is 1.58. The molecule has 1 aliphatic heterocycles. The Hall–Kier alpha value is -3.32. The Kier molecular flexibility index (Phi) is 2.47. The van der Waals surface area contributed by atoms with Crippen molar-refractivity contribution in [1.29, 1.82) is 0 Å². The van der Waals surface area contributed by atoms with Gasteiger partial charge in [0, 0.05) is 4.98 Å². The van der Waals surface area contributed by atoms with Gasteiger partial charge in [0.1, 0.15) is 11.3 Å². The highest BCUT2D eigenvalue weighted by Crippen LogP contribution is 2.34. The second-order valence-electron chi connectivity index (χ2n) is 3.09. The second-order valence-corrected chi connectivity index (χ2v) is 3.09. The predicted molar refractivity (Wildman–Crippen MR) is 53.9 cm³/mol. The van der Waals surface area contributed by atoms with Gasteiger partial charge in [0.15, 0.2) is 0 Å². The van der Waals surface area contributed by atoms with Crippen LogP contribution in [0.2, 0.25) is 0 Å². The van der Waals surface area contributed by atoms with Crippen molar-refractivity contribution in [3.8, 4) is 0 Å². The van der Waals surface area contributed by atoms with Crippen molar-refractivity contribution in [2.75, 3.05) is 0 Å². The molecular weight excluding hydrogens is 268 g/mol. The molecule has 0 aliphatic carbocycles. The summed E-state index contributed by atoms with van der Waals surface area (Å²) in [6.07, 6.45) is 1.25. The number of hydrogen-bond donors (Lipinski definition) is 0. The summed E-state index contributed by atoms with van der Waals surface area (Å²) in [5.41, 5.74) is 0. The topological polar surface area (TPSA) is 184 Å². The first-order chi connectivity index (χ1) is 8.90. The van der Waals surface area contributed by atoms with Crippen molar-refractivity contribution >= 4 is 18.0 Å². The third-order valence-electron chi connectivity index (χ3n) is 2.11. The Bertz CT molecular complexity index is 632. The Morgan fingerprint density at radius 3 is 2.26 bits per heavy atom. The largest absolute Gasteiger partial charge is 0.591 e. The summed E-state index contributed by atoms with van der Waals surface area (Å²) in [5.74, 6) is -5.04. The predicted octanol–water partition coefficient (Wildman–Crippen LogP) is 0.0381. The van der Waals surface area contributed by atoms with Gasteiger partial charge in [-0.05, 0) is 15.0 Å². The van der Waals surface area contributed by atoms with Crippen LogP contribution in [0.15, 0.2) is 21.5 Å². The molecule has 0 saturated heterocycles. The van der Waals surface area contributed by atoms with Gasteiger partial charge in [0.05, 0.1) is 0 Å². The molecule has 0 fully saturated rings. The summed E-state index contributed by atoms with van der Waals surface area (Å²) in [4.78, 5) is 35.4. The van der Waals surface area contributed by atoms with E-state index in [2.05, 4.69) is 20.2 Å². The van der Waals surface area contributed by atoms with E-state index in [9.17, 15) is 30.3 Å². The van der Waals surface area contributed by atoms with E-state index in [1.165, 1.54) is 0 Å². The standard InChI is InChI=1S/C5H2N8O6/c14-11(15)3-4(12(16)17)10(2-6-3)5(13(18)19)7-1-8-9-5/h1-2H. The molecule has 14 heteroatoms. The van der Waals surface area contributed by atoms with E-state index < -0.39 is 32.3 Å². The zero-order valence-corrected chi connectivity index (χ0v) is 8.68. The van der Waals surface area contributed by atoms with Crippen LogP contribution in [0.5, 0.6) is 0 Å². The molecule has 19 heavy (non-hydrogen) atoms. The summed E-state index contributed by atoms with van der Waals surface area (Å²) in [5, 5.41) is 38.7. The van der Waals surface area contributed by atoms with Crippen LogP contribution in [-0.2, 0) is 5.91 Å². The molecule has 14 nitrogen and oxygen atoms in total. The number of imidazole rings is 1. The molecule has 0 radical (unpaired) electrons. The summed E-state index contributed by atoms with van der Waals surface area (Å²) in [7, 11) is 0. The highest BCUT2D eigenvalue weighted by atomic mass is 16.7. The first kappa shape index (κ1) is 12.1. The number of nitro groups is 3. The van der Waals surface area contributed by atoms with E-state index in [-0.39, 0.29) is 4.57 Å². The van der Waals surface area contributed by atoms with Gasteiger partial charge in [-0.25, -0.2) is 0 Å². The minimum atomic E-state index is -2.68. The number of aromatic nitrogens is 2. The maximum absolute atomic E-state index is 11.0. The molecule has 0 amide bonds. The first-order valence-corrected chi connectivity index (χ1v) is 4.37. The monoisotopic (exact) mass is 270 g/mol. The molecule has 2 heterocycles. The molecule has 1 unspecified atom stereocenters. The molecule has 2 rings (SSSR count). The van der Waals surface area contributed by atoms with Gasteiger partial charge in [-0.1, -0.05) is 4.57 Å². The number of nitrogens with zero attached hydrogens (tertiary/aromatic N) is 8. The van der Waals surface area contributed by atoms with E-state index in [1.807, 2.05) is 0 Å². The van der Waals surface area contributed by atoms with Crippen LogP contribution in [-0.4, -0.2) is 30.7 Å². The Labute approximate surface area is 101 Å². The van der Waals surface area contributed by atoms with E-state index >= 15 is 0 Å². The summed E-state index contributed by atoms with van der Waals surface area (Å²) >= 11 is 0. The van der Waals surface area contributed by atoms with Crippen molar-refractivity contribution in [2.45, 2.75) is 5.91 Å². The van der Waals surface area contributed by atoms with Crippen LogP contribution < -0.4 is 0 Å². The van der Waals surface area contributed by atoms with Crippen molar-refractivity contribution in [1.82, 2.24) is 9.55 Å². The van der Waals surface area contributed by atoms with Gasteiger partial charge in [-0.15, -0.1) is 10.1 Å². The van der Waals surface area contributed by atoms with E-state index in [0.717, 1.165) is 0 Å². The van der Waals surface area contributed by atoms with Gasteiger partial charge in [0.2, 0.25) is 0 Å². The van der Waals surface area contributed by atoms with Crippen molar-refractivity contribution in [2.24, 2.45) is 15.2 Å².